The molecule has 0 aliphatic heterocycles. The van der Waals surface area contributed by atoms with E-state index in [9.17, 15) is 19.7 Å². The van der Waals surface area contributed by atoms with Gasteiger partial charge in [0.25, 0.3) is 17.5 Å². The number of amides is 2. The molecule has 2 rings (SSSR count). The molecule has 1 aromatic heterocycles. The van der Waals surface area contributed by atoms with Gasteiger partial charge >= 0.3 is 0 Å². The zero-order chi connectivity index (χ0) is 16.8. The summed E-state index contributed by atoms with van der Waals surface area (Å²) < 4.78 is 5.85. The Kier molecular flexibility index (Phi) is 5.31. The Morgan fingerprint density at radius 1 is 1.26 bits per heavy atom. The van der Waals surface area contributed by atoms with Gasteiger partial charge in [0.15, 0.2) is 6.61 Å². The molecule has 1 aromatic carbocycles. The summed E-state index contributed by atoms with van der Waals surface area (Å²) in [5.74, 6) is -0.799. The Hall–Kier alpha value is -2.88. The number of halogens is 1. The van der Waals surface area contributed by atoms with E-state index in [0.29, 0.717) is 10.2 Å². The third-order valence-electron chi connectivity index (χ3n) is 2.63. The van der Waals surface area contributed by atoms with Crippen molar-refractivity contribution in [3.63, 3.8) is 0 Å². The predicted octanol–water partition coefficient (Wildman–Crippen LogP) is 1.53. The summed E-state index contributed by atoms with van der Waals surface area (Å²) in [5.41, 5.74) is 4.59. The summed E-state index contributed by atoms with van der Waals surface area (Å²) >= 11 is 3.18. The first-order chi connectivity index (χ1) is 11.0. The highest BCUT2D eigenvalue weighted by Gasteiger charge is 2.10. The van der Waals surface area contributed by atoms with Crippen molar-refractivity contribution in [3.05, 3.63) is 56.8 Å². The first-order valence-electron chi connectivity index (χ1n) is 6.26. The third-order valence-corrected chi connectivity index (χ3v) is 3.08. The van der Waals surface area contributed by atoms with E-state index in [-0.39, 0.29) is 18.0 Å². The van der Waals surface area contributed by atoms with Crippen LogP contribution in [0.5, 0.6) is 5.75 Å². The molecule has 3 N–H and O–H groups in total. The maximum atomic E-state index is 11.7. The Balaban J connectivity index is 1.76. The number of hydrogen-bond donors (Lipinski definition) is 3. The summed E-state index contributed by atoms with van der Waals surface area (Å²) in [6, 6.07) is 6.83. The quantitative estimate of drug-likeness (QED) is 0.533. The largest absolute Gasteiger partial charge is 0.484 e. The third kappa shape index (κ3) is 4.81. The van der Waals surface area contributed by atoms with E-state index < -0.39 is 16.7 Å². The Morgan fingerprint density at radius 3 is 2.52 bits per heavy atom. The lowest BCUT2D eigenvalue weighted by Gasteiger charge is -2.08. The minimum absolute atomic E-state index is 0.0776. The summed E-state index contributed by atoms with van der Waals surface area (Å²) in [6.07, 6.45) is 1.58. The molecular formula is C13H11BrN4O5. The van der Waals surface area contributed by atoms with Crippen LogP contribution in [0.25, 0.3) is 0 Å². The van der Waals surface area contributed by atoms with Crippen molar-refractivity contribution < 1.29 is 19.2 Å². The molecule has 0 aliphatic rings. The maximum absolute atomic E-state index is 11.7. The molecule has 0 atom stereocenters. The number of aromatic nitrogens is 1. The molecule has 0 spiro atoms. The van der Waals surface area contributed by atoms with Crippen LogP contribution < -0.4 is 15.6 Å². The minimum atomic E-state index is -0.581. The average Bonchev–Trinajstić information content (AvgIpc) is 2.97. The van der Waals surface area contributed by atoms with E-state index in [4.69, 9.17) is 4.74 Å². The smallest absolute Gasteiger partial charge is 0.286 e. The van der Waals surface area contributed by atoms with Crippen molar-refractivity contribution in [1.29, 1.82) is 0 Å². The lowest BCUT2D eigenvalue weighted by Crippen LogP contribution is -2.43. The fourth-order valence-corrected chi connectivity index (χ4v) is 1.89. The number of hydrazine groups is 1. The van der Waals surface area contributed by atoms with Gasteiger partial charge in [0.2, 0.25) is 0 Å². The first-order valence-corrected chi connectivity index (χ1v) is 7.05. The molecule has 2 amide bonds. The van der Waals surface area contributed by atoms with E-state index in [2.05, 4.69) is 31.8 Å². The van der Waals surface area contributed by atoms with E-state index in [1.165, 1.54) is 24.3 Å². The van der Waals surface area contributed by atoms with Crippen LogP contribution in [0, 0.1) is 10.1 Å². The normalized spacial score (nSPS) is 9.96. The van der Waals surface area contributed by atoms with Crippen molar-refractivity contribution in [2.75, 3.05) is 6.61 Å². The van der Waals surface area contributed by atoms with Crippen LogP contribution in [-0.4, -0.2) is 28.3 Å². The summed E-state index contributed by atoms with van der Waals surface area (Å²) in [4.78, 5) is 35.9. The van der Waals surface area contributed by atoms with Gasteiger partial charge < -0.3 is 9.72 Å². The van der Waals surface area contributed by atoms with Crippen molar-refractivity contribution >= 4 is 33.4 Å². The number of nitrogens with one attached hydrogen (secondary N) is 3. The second-order valence-electron chi connectivity index (χ2n) is 4.27. The number of hydrogen-bond acceptors (Lipinski definition) is 5. The lowest BCUT2D eigenvalue weighted by atomic mass is 10.3. The van der Waals surface area contributed by atoms with Crippen molar-refractivity contribution in [3.8, 4) is 5.75 Å². The summed E-state index contributed by atoms with van der Waals surface area (Å²) in [5, 5.41) is 10.5. The molecule has 10 heteroatoms. The van der Waals surface area contributed by atoms with Gasteiger partial charge in [-0.1, -0.05) is 0 Å². The molecule has 120 valence electrons. The zero-order valence-electron chi connectivity index (χ0n) is 11.5. The highest BCUT2D eigenvalue weighted by molar-refractivity contribution is 9.10. The number of aromatic amines is 1. The Bertz CT molecular complexity index is 728. The van der Waals surface area contributed by atoms with Gasteiger partial charge in [-0.05, 0) is 34.1 Å². The molecular weight excluding hydrogens is 372 g/mol. The standard InChI is InChI=1S/C13H11BrN4O5/c14-8-5-11(15-6-8)13(20)17-16-12(19)7-23-10-3-1-9(2-4-10)18(21)22/h1-6,15H,7H2,(H,16,19)(H,17,20). The number of nitrogens with zero attached hydrogens (tertiary/aromatic N) is 1. The van der Waals surface area contributed by atoms with Crippen molar-refractivity contribution in [2.24, 2.45) is 0 Å². The molecule has 0 bridgehead atoms. The fraction of sp³-hybridized carbons (Fsp3) is 0.0769. The molecule has 9 nitrogen and oxygen atoms in total. The van der Waals surface area contributed by atoms with E-state index in [0.717, 1.165) is 0 Å². The van der Waals surface area contributed by atoms with Gasteiger partial charge in [-0.25, -0.2) is 0 Å². The lowest BCUT2D eigenvalue weighted by molar-refractivity contribution is -0.384. The van der Waals surface area contributed by atoms with E-state index in [1.54, 1.807) is 12.3 Å². The van der Waals surface area contributed by atoms with Crippen LogP contribution in [-0.2, 0) is 4.79 Å². The van der Waals surface area contributed by atoms with Gasteiger partial charge in [0.05, 0.1) is 4.92 Å². The molecule has 0 saturated heterocycles. The monoisotopic (exact) mass is 382 g/mol. The van der Waals surface area contributed by atoms with Crippen molar-refractivity contribution in [1.82, 2.24) is 15.8 Å². The second kappa shape index (κ2) is 7.40. The van der Waals surface area contributed by atoms with Crippen LogP contribution >= 0.6 is 15.9 Å². The fourth-order valence-electron chi connectivity index (χ4n) is 1.54. The van der Waals surface area contributed by atoms with Crippen LogP contribution in [0.3, 0.4) is 0 Å². The van der Waals surface area contributed by atoms with Gasteiger partial charge in [-0.3, -0.25) is 30.6 Å². The van der Waals surface area contributed by atoms with Gasteiger partial charge in [-0.2, -0.15) is 0 Å². The molecule has 0 fully saturated rings. The SMILES string of the molecule is O=C(COc1ccc([N+](=O)[O-])cc1)NNC(=O)c1cc(Br)c[nH]1. The maximum Gasteiger partial charge on any atom is 0.286 e. The number of rotatable bonds is 5. The molecule has 0 saturated carbocycles. The number of H-pyrrole nitrogens is 1. The van der Waals surface area contributed by atoms with Crippen LogP contribution in [0.1, 0.15) is 10.5 Å². The number of carbonyl (C=O) groups is 2. The first kappa shape index (κ1) is 16.5. The van der Waals surface area contributed by atoms with Crippen molar-refractivity contribution in [2.45, 2.75) is 0 Å². The highest BCUT2D eigenvalue weighted by atomic mass is 79.9. The second-order valence-corrected chi connectivity index (χ2v) is 5.19. The molecule has 0 aliphatic carbocycles. The number of carbonyl (C=O) groups excluding carboxylic acids is 2. The van der Waals surface area contributed by atoms with Gasteiger partial charge in [0.1, 0.15) is 11.4 Å². The molecule has 0 radical (unpaired) electrons. The predicted molar refractivity (Wildman–Crippen MR) is 82.7 cm³/mol. The minimum Gasteiger partial charge on any atom is -0.484 e. The highest BCUT2D eigenvalue weighted by Crippen LogP contribution is 2.17. The number of nitro benzene ring substituents is 1. The summed E-state index contributed by atoms with van der Waals surface area (Å²) in [7, 11) is 0. The van der Waals surface area contributed by atoms with Crippen LogP contribution in [0.15, 0.2) is 41.0 Å². The number of nitro groups is 1. The Labute approximate surface area is 138 Å². The zero-order valence-corrected chi connectivity index (χ0v) is 13.1. The molecule has 2 aromatic rings. The number of ether oxygens (including phenoxy) is 1. The van der Waals surface area contributed by atoms with Crippen LogP contribution in [0.2, 0.25) is 0 Å². The number of non-ortho nitro benzene ring substituents is 1. The topological polar surface area (TPSA) is 126 Å². The van der Waals surface area contributed by atoms with Crippen LogP contribution in [0.4, 0.5) is 5.69 Å². The number of benzene rings is 1. The van der Waals surface area contributed by atoms with Gasteiger partial charge in [0, 0.05) is 22.8 Å². The Morgan fingerprint density at radius 2 is 1.96 bits per heavy atom. The van der Waals surface area contributed by atoms with E-state index in [1.807, 2.05) is 0 Å². The molecule has 0 unspecified atom stereocenters. The summed E-state index contributed by atoms with van der Waals surface area (Å²) in [6.45, 7) is -0.355. The van der Waals surface area contributed by atoms with Gasteiger partial charge in [-0.15, -0.1) is 0 Å². The van der Waals surface area contributed by atoms with E-state index >= 15 is 0 Å². The molecule has 1 heterocycles. The average molecular weight is 383 g/mol. The molecule has 23 heavy (non-hydrogen) atoms.